The number of nitrogens with zero attached hydrogens (tertiary/aromatic N) is 6. The first-order chi connectivity index (χ1) is 74.4. The number of hydrogen-bond donors (Lipinski definition) is 0. The van der Waals surface area contributed by atoms with E-state index in [4.69, 9.17) is 0 Å². The van der Waals surface area contributed by atoms with Crippen LogP contribution in [0.4, 0.5) is 0 Å². The molecule has 0 aliphatic rings. The monoisotopic (exact) mass is 1910 g/mol. The van der Waals surface area contributed by atoms with Crippen molar-refractivity contribution in [3.05, 3.63) is 582 Å². The third-order valence-electron chi connectivity index (χ3n) is 30.4. The Kier molecular flexibility index (Phi) is 21.9. The Bertz CT molecular complexity index is 10300. The summed E-state index contributed by atoms with van der Waals surface area (Å²) in [7, 11) is 0. The van der Waals surface area contributed by atoms with Gasteiger partial charge in [0.25, 0.3) is 0 Å². The average Bonchev–Trinajstić information content (AvgIpc) is 1.56. The molecule has 24 aromatic carbocycles. The van der Waals surface area contributed by atoms with Crippen LogP contribution in [-0.2, 0) is 0 Å². The van der Waals surface area contributed by atoms with Gasteiger partial charge in [0.1, 0.15) is 0 Å². The molecule has 0 bridgehead atoms. The molecule has 0 unspecified atom stereocenters. The molecule has 0 saturated heterocycles. The smallest absolute Gasteiger partial charge is 0.0549 e. The number of benzene rings is 24. The Balaban J connectivity index is 0.000000108. The number of fused-ring (bicyclic) bond motifs is 18. The number of rotatable bonds is 15. The molecular weight excluding hydrogens is 1810 g/mol. The van der Waals surface area contributed by atoms with Crippen molar-refractivity contribution >= 4 is 131 Å². The summed E-state index contributed by atoms with van der Waals surface area (Å²) in [5.41, 5.74) is 43.3. The van der Waals surface area contributed by atoms with Crippen LogP contribution < -0.4 is 0 Å². The summed E-state index contributed by atoms with van der Waals surface area (Å²) in [6.45, 7) is 0. The maximum atomic E-state index is 2.47. The van der Waals surface area contributed by atoms with E-state index in [0.717, 1.165) is 22.7 Å². The first-order valence-corrected chi connectivity index (χ1v) is 51.6. The summed E-state index contributed by atoms with van der Waals surface area (Å²) in [6, 6.07) is 211. The van der Waals surface area contributed by atoms with Gasteiger partial charge < -0.3 is 27.4 Å². The lowest BCUT2D eigenvalue weighted by molar-refractivity contribution is 1.17. The highest BCUT2D eigenvalue weighted by atomic mass is 15.0. The van der Waals surface area contributed by atoms with Gasteiger partial charge in [-0.25, -0.2) is 0 Å². The van der Waals surface area contributed by atoms with Crippen LogP contribution in [0.25, 0.3) is 265 Å². The van der Waals surface area contributed by atoms with Crippen LogP contribution in [0.2, 0.25) is 0 Å². The Hall–Kier alpha value is -19.9. The van der Waals surface area contributed by atoms with Crippen LogP contribution in [0.15, 0.2) is 582 Å². The summed E-state index contributed by atoms with van der Waals surface area (Å²) in [5, 5.41) is 15.0. The van der Waals surface area contributed by atoms with Crippen LogP contribution in [0.3, 0.4) is 0 Å². The number of para-hydroxylation sites is 6. The molecular formula is C144H96N6. The Morgan fingerprint density at radius 1 is 0.0867 bits per heavy atom. The molecule has 0 fully saturated rings. The van der Waals surface area contributed by atoms with Crippen LogP contribution in [-0.4, -0.2) is 27.4 Å². The summed E-state index contributed by atoms with van der Waals surface area (Å²) < 4.78 is 14.6. The fourth-order valence-corrected chi connectivity index (χ4v) is 23.3. The minimum atomic E-state index is 1.14. The number of aromatic nitrogens is 6. The van der Waals surface area contributed by atoms with Crippen LogP contribution in [0.5, 0.6) is 0 Å². The fourth-order valence-electron chi connectivity index (χ4n) is 23.3. The predicted octanol–water partition coefficient (Wildman–Crippen LogP) is 38.6. The normalized spacial score (nSPS) is 11.6. The standard InChI is InChI=1S/3C48H32N2/c1-4-14-33(15-5-1)34-26-28-35(29-27-34)37-18-12-21-39(30-37)50-45-25-13-23-40(36-16-6-2-7-17-36)48(45)43-32-46-42(31-47(43)50)41-22-10-11-24-44(41)49(46)38-19-8-3-9-20-38;1-4-13-33(14-5-1)36-17-12-18-37(29-36)35-23-26-40(27-24-35)50-46-28-25-38(34-15-6-2-7-16-34)30-42(46)44-32-47-43(31-48(44)50)41-21-10-11-22-45(41)49(47)39-19-8-3-9-20-39;1-4-12-33(13-5-1)35-20-22-36(23-21-35)37-24-27-40(28-25-37)50-46-30-38(34-14-6-2-7-15-34)26-29-42(46)44-32-47-43(31-48(44)50)41-18-10-11-19-45(41)49(47)39-16-8-3-9-17-39/h3*1-32H. The number of hydrogen-bond acceptors (Lipinski definition) is 0. The van der Waals surface area contributed by atoms with Gasteiger partial charge in [-0.15, -0.1) is 0 Å². The highest BCUT2D eigenvalue weighted by Crippen LogP contribution is 2.48. The van der Waals surface area contributed by atoms with Crippen molar-refractivity contribution in [3.8, 4) is 134 Å². The van der Waals surface area contributed by atoms with Crippen LogP contribution >= 0.6 is 0 Å². The summed E-state index contributed by atoms with van der Waals surface area (Å²) in [5.74, 6) is 0. The van der Waals surface area contributed by atoms with Gasteiger partial charge in [0, 0.05) is 98.8 Å². The molecule has 702 valence electrons. The average molecular weight is 1910 g/mol. The Morgan fingerprint density at radius 3 is 0.687 bits per heavy atom. The van der Waals surface area contributed by atoms with Crippen molar-refractivity contribution in [2.75, 3.05) is 0 Å². The topological polar surface area (TPSA) is 29.6 Å². The third-order valence-corrected chi connectivity index (χ3v) is 30.4. The highest BCUT2D eigenvalue weighted by molar-refractivity contribution is 6.24. The van der Waals surface area contributed by atoms with Crippen LogP contribution in [0, 0.1) is 0 Å². The zero-order chi connectivity index (χ0) is 99.1. The molecule has 6 heteroatoms. The second-order valence-corrected chi connectivity index (χ2v) is 39.0. The van der Waals surface area contributed by atoms with E-state index < -0.39 is 0 Å². The minimum Gasteiger partial charge on any atom is -0.309 e. The molecule has 6 aromatic heterocycles. The first kappa shape index (κ1) is 87.8. The van der Waals surface area contributed by atoms with Gasteiger partial charge in [0.2, 0.25) is 0 Å². The fraction of sp³-hybridized carbons (Fsp3) is 0. The molecule has 6 nitrogen and oxygen atoms in total. The molecule has 0 radical (unpaired) electrons. The predicted molar refractivity (Wildman–Crippen MR) is 634 cm³/mol. The lowest BCUT2D eigenvalue weighted by Gasteiger charge is -2.12. The largest absolute Gasteiger partial charge is 0.309 e. The Morgan fingerprint density at radius 2 is 0.293 bits per heavy atom. The van der Waals surface area contributed by atoms with E-state index in [1.54, 1.807) is 0 Å². The van der Waals surface area contributed by atoms with Crippen molar-refractivity contribution in [2.24, 2.45) is 0 Å². The molecule has 0 spiro atoms. The second-order valence-electron chi connectivity index (χ2n) is 39.0. The van der Waals surface area contributed by atoms with Gasteiger partial charge in [-0.1, -0.05) is 425 Å². The first-order valence-electron chi connectivity index (χ1n) is 51.6. The summed E-state index contributed by atoms with van der Waals surface area (Å²) >= 11 is 0. The lowest BCUT2D eigenvalue weighted by atomic mass is 9.99. The molecule has 30 rings (SSSR count). The third kappa shape index (κ3) is 15.5. The molecule has 0 atom stereocenters. The van der Waals surface area contributed by atoms with Gasteiger partial charge in [-0.05, 0) is 258 Å². The quantitative estimate of drug-likeness (QED) is 0.0979. The van der Waals surface area contributed by atoms with Gasteiger partial charge in [0.15, 0.2) is 0 Å². The van der Waals surface area contributed by atoms with E-state index in [-0.39, 0.29) is 0 Å². The Labute approximate surface area is 868 Å². The van der Waals surface area contributed by atoms with E-state index in [0.29, 0.717) is 0 Å². The van der Waals surface area contributed by atoms with E-state index in [9.17, 15) is 0 Å². The van der Waals surface area contributed by atoms with Crippen molar-refractivity contribution in [1.29, 1.82) is 0 Å². The second kappa shape index (κ2) is 37.4. The molecule has 6 heterocycles. The summed E-state index contributed by atoms with van der Waals surface area (Å²) in [6.07, 6.45) is 0. The maximum absolute atomic E-state index is 2.47. The van der Waals surface area contributed by atoms with Crippen molar-refractivity contribution in [1.82, 2.24) is 27.4 Å². The van der Waals surface area contributed by atoms with E-state index >= 15 is 0 Å². The van der Waals surface area contributed by atoms with Crippen molar-refractivity contribution in [3.63, 3.8) is 0 Å². The zero-order valence-electron chi connectivity index (χ0n) is 82.1. The molecule has 0 saturated carbocycles. The molecule has 0 amide bonds. The van der Waals surface area contributed by atoms with Crippen molar-refractivity contribution in [2.45, 2.75) is 0 Å². The molecule has 0 aliphatic heterocycles. The van der Waals surface area contributed by atoms with Gasteiger partial charge in [-0.2, -0.15) is 0 Å². The van der Waals surface area contributed by atoms with Crippen molar-refractivity contribution < 1.29 is 0 Å². The highest BCUT2D eigenvalue weighted by Gasteiger charge is 2.26. The van der Waals surface area contributed by atoms with E-state index in [2.05, 4.69) is 610 Å². The molecule has 150 heavy (non-hydrogen) atoms. The lowest BCUT2D eigenvalue weighted by Crippen LogP contribution is -1.95. The molecule has 0 N–H and O–H groups in total. The summed E-state index contributed by atoms with van der Waals surface area (Å²) in [4.78, 5) is 0. The zero-order valence-corrected chi connectivity index (χ0v) is 82.1. The van der Waals surface area contributed by atoms with Gasteiger partial charge in [0.05, 0.1) is 66.2 Å². The van der Waals surface area contributed by atoms with E-state index in [1.165, 1.54) is 242 Å². The minimum absolute atomic E-state index is 1.14. The van der Waals surface area contributed by atoms with Crippen LogP contribution in [0.1, 0.15) is 0 Å². The maximum Gasteiger partial charge on any atom is 0.0549 e. The molecule has 0 aliphatic carbocycles. The molecule has 30 aromatic rings. The van der Waals surface area contributed by atoms with E-state index in [1.807, 2.05) is 0 Å². The van der Waals surface area contributed by atoms with Gasteiger partial charge >= 0.3 is 0 Å². The SMILES string of the molecule is c1ccc(-c2ccc(-c3ccc(-n4c5cc(-c6ccccc6)ccc5c5cc6c(cc54)c4ccccc4n6-c4ccccc4)cc3)cc2)cc1.c1ccc(-c2ccc(-c3cccc(-n4c5cc6c7ccccc7n(-c7ccccc7)c6cc5c5c(-c6ccccc6)cccc54)c3)cc2)cc1.c1ccc(-c2cccc(-c3ccc(-n4c5ccc(-c6ccccc6)cc5c5cc6c(cc54)c4ccccc4n6-c4ccccc4)cc3)c2)cc1. The van der Waals surface area contributed by atoms with Gasteiger partial charge in [-0.3, -0.25) is 0 Å².